The van der Waals surface area contributed by atoms with Gasteiger partial charge in [-0.05, 0) is 26.3 Å². The lowest BCUT2D eigenvalue weighted by molar-refractivity contribution is -0.139. The summed E-state index contributed by atoms with van der Waals surface area (Å²) >= 11 is 0. The van der Waals surface area contributed by atoms with Gasteiger partial charge in [0.25, 0.3) is 0 Å². The molecule has 0 aliphatic rings. The van der Waals surface area contributed by atoms with Crippen LogP contribution >= 0.6 is 0 Å². The highest BCUT2D eigenvalue weighted by atomic mass is 16.4. The van der Waals surface area contributed by atoms with Crippen molar-refractivity contribution in [2.75, 3.05) is 6.54 Å². The number of carbonyl (C=O) groups excluding carboxylic acids is 1. The maximum Gasteiger partial charge on any atom is 0.320 e. The van der Waals surface area contributed by atoms with Crippen LogP contribution in [0.5, 0.6) is 0 Å². The minimum Gasteiger partial charge on any atom is -0.480 e. The number of carboxylic acid groups (broad SMARTS) is 1. The van der Waals surface area contributed by atoms with Crippen LogP contribution in [0.1, 0.15) is 26.2 Å². The second-order valence-corrected chi connectivity index (χ2v) is 2.94. The molecule has 0 aliphatic carbocycles. The second-order valence-electron chi connectivity index (χ2n) is 2.94. The zero-order valence-corrected chi connectivity index (χ0v) is 7.75. The fraction of sp³-hybridized carbons (Fsp3) is 0.750. The topological polar surface area (TPSA) is 92.4 Å². The summed E-state index contributed by atoms with van der Waals surface area (Å²) in [5.74, 6) is -1.18. The smallest absolute Gasteiger partial charge is 0.320 e. The number of primary amides is 1. The Morgan fingerprint density at radius 3 is 2.54 bits per heavy atom. The molecule has 5 heteroatoms. The van der Waals surface area contributed by atoms with Gasteiger partial charge in [-0.15, -0.1) is 0 Å². The molecule has 5 nitrogen and oxygen atoms in total. The van der Waals surface area contributed by atoms with E-state index in [-0.39, 0.29) is 5.91 Å². The molecule has 0 saturated carbocycles. The van der Waals surface area contributed by atoms with Crippen LogP contribution in [0, 0.1) is 0 Å². The molecule has 0 fully saturated rings. The fourth-order valence-electron chi connectivity index (χ4n) is 0.830. The lowest BCUT2D eigenvalue weighted by atomic mass is 10.2. The van der Waals surface area contributed by atoms with Crippen LogP contribution in [0.3, 0.4) is 0 Å². The molecular weight excluding hydrogens is 172 g/mol. The molecule has 0 aromatic heterocycles. The van der Waals surface area contributed by atoms with Gasteiger partial charge in [0.2, 0.25) is 5.91 Å². The number of hydrogen-bond acceptors (Lipinski definition) is 3. The Balaban J connectivity index is 3.26. The number of carboxylic acids is 1. The average Bonchev–Trinajstić information content (AvgIpc) is 2.02. The normalized spacial score (nSPS) is 12.4. The Morgan fingerprint density at radius 2 is 2.08 bits per heavy atom. The number of nitrogens with two attached hydrogens (primary N) is 1. The minimum atomic E-state index is -0.866. The van der Waals surface area contributed by atoms with Gasteiger partial charge in [0.05, 0.1) is 0 Å². The van der Waals surface area contributed by atoms with E-state index in [1.54, 1.807) is 6.92 Å². The second kappa shape index (κ2) is 6.42. The highest BCUT2D eigenvalue weighted by molar-refractivity contribution is 5.73. The molecule has 0 spiro atoms. The third-order valence-electron chi connectivity index (χ3n) is 1.67. The molecule has 13 heavy (non-hydrogen) atoms. The lowest BCUT2D eigenvalue weighted by Gasteiger charge is -2.07. The molecule has 76 valence electrons. The number of aliphatic carboxylic acids is 1. The van der Waals surface area contributed by atoms with Crippen LogP contribution in [0.15, 0.2) is 0 Å². The van der Waals surface area contributed by atoms with Crippen LogP contribution < -0.4 is 11.1 Å². The summed E-state index contributed by atoms with van der Waals surface area (Å²) in [6.45, 7) is 2.18. The number of unbranched alkanes of at least 4 members (excludes halogenated alkanes) is 1. The van der Waals surface area contributed by atoms with E-state index in [1.807, 2.05) is 0 Å². The monoisotopic (exact) mass is 188 g/mol. The summed E-state index contributed by atoms with van der Waals surface area (Å²) < 4.78 is 0. The van der Waals surface area contributed by atoms with Crippen molar-refractivity contribution in [2.45, 2.75) is 32.2 Å². The van der Waals surface area contributed by atoms with E-state index in [1.165, 1.54) is 0 Å². The maximum atomic E-state index is 10.3. The van der Waals surface area contributed by atoms with E-state index in [4.69, 9.17) is 10.8 Å². The quantitative estimate of drug-likeness (QED) is 0.478. The zero-order chi connectivity index (χ0) is 10.3. The van der Waals surface area contributed by atoms with Gasteiger partial charge in [-0.1, -0.05) is 0 Å². The first-order chi connectivity index (χ1) is 6.04. The van der Waals surface area contributed by atoms with Crippen LogP contribution in [-0.2, 0) is 9.59 Å². The van der Waals surface area contributed by atoms with Gasteiger partial charge in [-0.3, -0.25) is 9.59 Å². The molecule has 0 saturated heterocycles. The molecule has 0 aliphatic heterocycles. The molecule has 0 aromatic rings. The largest absolute Gasteiger partial charge is 0.480 e. The highest BCUT2D eigenvalue weighted by Crippen LogP contribution is 1.93. The van der Waals surface area contributed by atoms with Gasteiger partial charge in [0.15, 0.2) is 0 Å². The number of carbonyl (C=O) groups is 2. The Kier molecular flexibility index (Phi) is 5.88. The molecule has 0 heterocycles. The average molecular weight is 188 g/mol. The summed E-state index contributed by atoms with van der Waals surface area (Å²) in [6.07, 6.45) is 1.83. The lowest BCUT2D eigenvalue weighted by Crippen LogP contribution is -2.34. The summed E-state index contributed by atoms with van der Waals surface area (Å²) in [5, 5.41) is 11.3. The number of amides is 1. The summed E-state index contributed by atoms with van der Waals surface area (Å²) in [4.78, 5) is 20.6. The first kappa shape index (κ1) is 11.9. The Hall–Kier alpha value is -1.10. The van der Waals surface area contributed by atoms with Crippen molar-refractivity contribution in [3.63, 3.8) is 0 Å². The van der Waals surface area contributed by atoms with Gasteiger partial charge >= 0.3 is 5.97 Å². The standard InChI is InChI=1S/C8H16N2O3/c1-6(8(12)13)10-5-3-2-4-7(9)11/h6,10H,2-5H2,1H3,(H2,9,11)(H,12,13). The number of hydrogen-bond donors (Lipinski definition) is 3. The Labute approximate surface area is 77.3 Å². The molecule has 0 rings (SSSR count). The fourth-order valence-corrected chi connectivity index (χ4v) is 0.830. The zero-order valence-electron chi connectivity index (χ0n) is 7.75. The van der Waals surface area contributed by atoms with E-state index in [2.05, 4.69) is 5.32 Å². The summed E-state index contributed by atoms with van der Waals surface area (Å²) in [7, 11) is 0. The third-order valence-corrected chi connectivity index (χ3v) is 1.67. The van der Waals surface area contributed by atoms with E-state index in [9.17, 15) is 9.59 Å². The minimum absolute atomic E-state index is 0.314. The van der Waals surface area contributed by atoms with Crippen LogP contribution in [0.4, 0.5) is 0 Å². The predicted molar refractivity (Wildman–Crippen MR) is 48.1 cm³/mol. The van der Waals surface area contributed by atoms with Gasteiger partial charge in [0, 0.05) is 6.42 Å². The third kappa shape index (κ3) is 7.27. The Bertz CT molecular complexity index is 182. The predicted octanol–water partition coefficient (Wildman–Crippen LogP) is -0.295. The van der Waals surface area contributed by atoms with Crippen molar-refractivity contribution in [3.05, 3.63) is 0 Å². The molecule has 0 bridgehead atoms. The van der Waals surface area contributed by atoms with E-state index >= 15 is 0 Å². The van der Waals surface area contributed by atoms with Crippen molar-refractivity contribution in [1.29, 1.82) is 0 Å². The van der Waals surface area contributed by atoms with Crippen molar-refractivity contribution >= 4 is 11.9 Å². The van der Waals surface area contributed by atoms with Crippen molar-refractivity contribution in [3.8, 4) is 0 Å². The van der Waals surface area contributed by atoms with E-state index < -0.39 is 12.0 Å². The van der Waals surface area contributed by atoms with Crippen molar-refractivity contribution in [2.24, 2.45) is 5.73 Å². The summed E-state index contributed by atoms with van der Waals surface area (Å²) in [5.41, 5.74) is 4.93. The van der Waals surface area contributed by atoms with Gasteiger partial charge in [0.1, 0.15) is 6.04 Å². The van der Waals surface area contributed by atoms with Gasteiger partial charge in [-0.2, -0.15) is 0 Å². The van der Waals surface area contributed by atoms with Gasteiger partial charge < -0.3 is 16.2 Å². The van der Waals surface area contributed by atoms with Crippen LogP contribution in [0.2, 0.25) is 0 Å². The maximum absolute atomic E-state index is 10.3. The van der Waals surface area contributed by atoms with E-state index in [0.717, 1.165) is 6.42 Å². The molecule has 1 unspecified atom stereocenters. The molecule has 1 amide bonds. The molecular formula is C8H16N2O3. The van der Waals surface area contributed by atoms with Crippen LogP contribution in [-0.4, -0.2) is 29.6 Å². The van der Waals surface area contributed by atoms with Crippen molar-refractivity contribution < 1.29 is 14.7 Å². The van der Waals surface area contributed by atoms with Gasteiger partial charge in [-0.25, -0.2) is 0 Å². The van der Waals surface area contributed by atoms with Crippen molar-refractivity contribution in [1.82, 2.24) is 5.32 Å². The van der Waals surface area contributed by atoms with E-state index in [0.29, 0.717) is 19.4 Å². The summed E-state index contributed by atoms with van der Waals surface area (Å²) in [6, 6.07) is -0.534. The molecule has 0 aromatic carbocycles. The Morgan fingerprint density at radius 1 is 1.46 bits per heavy atom. The first-order valence-electron chi connectivity index (χ1n) is 4.28. The molecule has 1 atom stereocenters. The molecule has 0 radical (unpaired) electrons. The SMILES string of the molecule is CC(NCCCCC(N)=O)C(=O)O. The molecule has 4 N–H and O–H groups in total. The highest BCUT2D eigenvalue weighted by Gasteiger charge is 2.08. The number of rotatable bonds is 7. The first-order valence-corrected chi connectivity index (χ1v) is 4.28. The number of nitrogens with one attached hydrogen (secondary N) is 1. The van der Waals surface area contributed by atoms with Crippen LogP contribution in [0.25, 0.3) is 0 Å².